The molecule has 5 aromatic carbocycles. The minimum absolute atomic E-state index is 0.00903. The van der Waals surface area contributed by atoms with Crippen molar-refractivity contribution in [2.24, 2.45) is 0 Å². The van der Waals surface area contributed by atoms with Crippen molar-refractivity contribution in [1.29, 1.82) is 0 Å². The topological polar surface area (TPSA) is 6.48 Å². The maximum Gasteiger partial charge on any atom is 0.252 e. The van der Waals surface area contributed by atoms with E-state index in [-0.39, 0.29) is 28.4 Å². The summed E-state index contributed by atoms with van der Waals surface area (Å²) in [4.78, 5) is 5.42. The van der Waals surface area contributed by atoms with Gasteiger partial charge in [0.1, 0.15) is 0 Å². The molecule has 2 aliphatic carbocycles. The zero-order valence-corrected chi connectivity index (χ0v) is 35.7. The highest BCUT2D eigenvalue weighted by Gasteiger charge is 2.45. The van der Waals surface area contributed by atoms with Crippen LogP contribution < -0.4 is 26.2 Å². The zero-order valence-electron chi connectivity index (χ0n) is 35.7. The largest absolute Gasteiger partial charge is 0.311 e. The van der Waals surface area contributed by atoms with Gasteiger partial charge < -0.3 is 9.80 Å². The van der Waals surface area contributed by atoms with Crippen LogP contribution in [0.1, 0.15) is 140 Å². The van der Waals surface area contributed by atoms with Crippen LogP contribution in [-0.2, 0) is 47.3 Å². The molecule has 0 saturated heterocycles. The molecule has 4 aliphatic rings. The summed E-state index contributed by atoms with van der Waals surface area (Å²) in [7, 11) is 0. The van der Waals surface area contributed by atoms with E-state index in [1.807, 2.05) is 0 Å². The van der Waals surface area contributed by atoms with Gasteiger partial charge in [-0.05, 0) is 157 Å². The van der Waals surface area contributed by atoms with E-state index in [2.05, 4.69) is 172 Å². The summed E-state index contributed by atoms with van der Waals surface area (Å²) >= 11 is 0. The van der Waals surface area contributed by atoms with Gasteiger partial charge >= 0.3 is 0 Å². The van der Waals surface area contributed by atoms with Crippen molar-refractivity contribution in [2.75, 3.05) is 9.80 Å². The number of aryl methyl sites for hydroxylation is 2. The number of hydrogen-bond donors (Lipinski definition) is 0. The summed E-state index contributed by atoms with van der Waals surface area (Å²) in [6.07, 6.45) is 7.24. The first-order chi connectivity index (χ1) is 25.8. The van der Waals surface area contributed by atoms with E-state index in [0.29, 0.717) is 0 Å². The smallest absolute Gasteiger partial charge is 0.252 e. The summed E-state index contributed by atoms with van der Waals surface area (Å²) in [5.41, 5.74) is 24.4. The summed E-state index contributed by atoms with van der Waals surface area (Å²) in [6.45, 7) is 28.4. The Balaban J connectivity index is 1.40. The number of fused-ring (bicyclic) bond motifs is 6. The van der Waals surface area contributed by atoms with Crippen LogP contribution in [-0.4, -0.2) is 6.71 Å². The number of rotatable bonds is 2. The second-order valence-electron chi connectivity index (χ2n) is 21.3. The van der Waals surface area contributed by atoms with Crippen molar-refractivity contribution in [2.45, 2.75) is 143 Å². The maximum absolute atomic E-state index is 2.77. The quantitative estimate of drug-likeness (QED) is 0.164. The summed E-state index contributed by atoms with van der Waals surface area (Å²) < 4.78 is 0. The molecule has 5 aromatic rings. The van der Waals surface area contributed by atoms with Crippen molar-refractivity contribution >= 4 is 57.2 Å². The van der Waals surface area contributed by atoms with Gasteiger partial charge in [0.2, 0.25) is 0 Å². The van der Waals surface area contributed by atoms with Crippen LogP contribution >= 0.6 is 0 Å². The molecule has 0 bridgehead atoms. The van der Waals surface area contributed by atoms with Gasteiger partial charge in [0.05, 0.1) is 5.69 Å². The van der Waals surface area contributed by atoms with E-state index < -0.39 is 0 Å². The third kappa shape index (κ3) is 5.81. The lowest BCUT2D eigenvalue weighted by Gasteiger charge is -2.46. The SMILES string of the molecule is CC(C)(C)c1cc(N2c3cc(C(C)(C)C)ccc3B3c4ccc(C(C)(C)C)cc4N(c4c5c(cc6c4CCC6)CCC5)c4cccc2c43)cc(C(C)(C)C)c1. The molecule has 0 radical (unpaired) electrons. The Morgan fingerprint density at radius 1 is 0.436 bits per heavy atom. The van der Waals surface area contributed by atoms with E-state index in [1.54, 1.807) is 22.3 Å². The first-order valence-electron chi connectivity index (χ1n) is 21.2. The van der Waals surface area contributed by atoms with Crippen LogP contribution in [0.15, 0.2) is 78.9 Å². The highest BCUT2D eigenvalue weighted by Crippen LogP contribution is 2.50. The van der Waals surface area contributed by atoms with Crippen LogP contribution in [0.3, 0.4) is 0 Å². The van der Waals surface area contributed by atoms with Gasteiger partial charge in [0, 0.05) is 28.4 Å². The Morgan fingerprint density at radius 3 is 1.36 bits per heavy atom. The predicted octanol–water partition coefficient (Wildman–Crippen LogP) is 11.9. The molecule has 0 atom stereocenters. The van der Waals surface area contributed by atoms with Crippen molar-refractivity contribution in [3.05, 3.63) is 123 Å². The lowest BCUT2D eigenvalue weighted by molar-refractivity contribution is 0.569. The van der Waals surface area contributed by atoms with E-state index in [9.17, 15) is 0 Å². The molecule has 0 saturated carbocycles. The molecule has 9 rings (SSSR count). The monoisotopic (exact) mass is 724 g/mol. The van der Waals surface area contributed by atoms with Gasteiger partial charge in [0.25, 0.3) is 6.71 Å². The number of anilines is 6. The molecule has 0 amide bonds. The second kappa shape index (κ2) is 12.1. The lowest BCUT2D eigenvalue weighted by Crippen LogP contribution is -2.61. The minimum Gasteiger partial charge on any atom is -0.311 e. The van der Waals surface area contributed by atoms with Crippen molar-refractivity contribution in [1.82, 2.24) is 0 Å². The van der Waals surface area contributed by atoms with Crippen molar-refractivity contribution < 1.29 is 0 Å². The van der Waals surface area contributed by atoms with Crippen LogP contribution in [0.2, 0.25) is 0 Å². The summed E-state index contributed by atoms with van der Waals surface area (Å²) in [5.74, 6) is 0. The molecule has 0 unspecified atom stereocenters. The standard InChI is InChI=1S/C52H61BN2/c1-49(2,3)34-22-24-41-45(30-34)54(38-28-36(51(7,8)9)27-37(29-38)52(10,11)12)43-20-15-21-44-47(43)53(41)42-25-23-35(50(4,5)6)31-46(42)55(44)48-39-18-13-16-32(39)26-33-17-14-19-40(33)48/h15,20-31H,13-14,16-19H2,1-12H3. The Morgan fingerprint density at radius 2 is 0.891 bits per heavy atom. The zero-order chi connectivity index (χ0) is 39.0. The van der Waals surface area contributed by atoms with E-state index in [0.717, 1.165) is 0 Å². The second-order valence-corrected chi connectivity index (χ2v) is 21.3. The Labute approximate surface area is 332 Å². The molecule has 2 nitrogen and oxygen atoms in total. The molecular weight excluding hydrogens is 663 g/mol. The third-order valence-corrected chi connectivity index (χ3v) is 13.3. The molecule has 2 heterocycles. The van der Waals surface area contributed by atoms with E-state index >= 15 is 0 Å². The van der Waals surface area contributed by atoms with Crippen molar-refractivity contribution in [3.63, 3.8) is 0 Å². The lowest BCUT2D eigenvalue weighted by atomic mass is 9.33. The van der Waals surface area contributed by atoms with Gasteiger partial charge in [0.15, 0.2) is 0 Å². The van der Waals surface area contributed by atoms with Crippen LogP contribution in [0.5, 0.6) is 0 Å². The molecule has 0 fully saturated rings. The fourth-order valence-corrected chi connectivity index (χ4v) is 10.0. The molecule has 0 aromatic heterocycles. The predicted molar refractivity (Wildman–Crippen MR) is 239 cm³/mol. The van der Waals surface area contributed by atoms with E-state index in [4.69, 9.17) is 0 Å². The van der Waals surface area contributed by atoms with Gasteiger partial charge in [-0.1, -0.05) is 126 Å². The third-order valence-electron chi connectivity index (χ3n) is 13.3. The summed E-state index contributed by atoms with van der Waals surface area (Å²) in [6, 6.07) is 32.2. The Bertz CT molecular complexity index is 2320. The average molecular weight is 725 g/mol. The number of benzene rings is 5. The maximum atomic E-state index is 2.77. The van der Waals surface area contributed by atoms with Gasteiger partial charge in [-0.25, -0.2) is 0 Å². The van der Waals surface area contributed by atoms with Crippen LogP contribution in [0.25, 0.3) is 0 Å². The fourth-order valence-electron chi connectivity index (χ4n) is 10.0. The first kappa shape index (κ1) is 36.4. The molecule has 0 spiro atoms. The first-order valence-corrected chi connectivity index (χ1v) is 21.2. The number of hydrogen-bond acceptors (Lipinski definition) is 2. The summed E-state index contributed by atoms with van der Waals surface area (Å²) in [5, 5.41) is 0. The van der Waals surface area contributed by atoms with Gasteiger partial charge in [-0.15, -0.1) is 0 Å². The normalized spacial score (nSPS) is 16.2. The number of nitrogens with zero attached hydrogens (tertiary/aromatic N) is 2. The highest BCUT2D eigenvalue weighted by molar-refractivity contribution is 7.00. The molecule has 55 heavy (non-hydrogen) atoms. The van der Waals surface area contributed by atoms with Crippen LogP contribution in [0, 0.1) is 0 Å². The molecule has 282 valence electrons. The van der Waals surface area contributed by atoms with E-state index in [1.165, 1.54) is 111 Å². The molecule has 0 N–H and O–H groups in total. The minimum atomic E-state index is 0.00903. The van der Waals surface area contributed by atoms with Gasteiger partial charge in [-0.3, -0.25) is 0 Å². The van der Waals surface area contributed by atoms with Gasteiger partial charge in [-0.2, -0.15) is 0 Å². The fraction of sp³-hybridized carbons (Fsp3) is 0.423. The molecular formula is C52H61BN2. The average Bonchev–Trinajstić information content (AvgIpc) is 3.78. The highest BCUT2D eigenvalue weighted by atomic mass is 15.2. The Hall–Kier alpha value is -4.24. The molecule has 3 heteroatoms. The molecule has 2 aliphatic heterocycles. The van der Waals surface area contributed by atoms with Crippen molar-refractivity contribution in [3.8, 4) is 0 Å². The van der Waals surface area contributed by atoms with Crippen LogP contribution in [0.4, 0.5) is 34.1 Å². The Kier molecular flexibility index (Phi) is 8.03.